The molecular formula is C8H10N2O4. The second-order valence-corrected chi connectivity index (χ2v) is 2.63. The van der Waals surface area contributed by atoms with E-state index in [0.29, 0.717) is 6.54 Å². The lowest BCUT2D eigenvalue weighted by Gasteiger charge is -1.99. The van der Waals surface area contributed by atoms with Crippen LogP contribution in [0, 0.1) is 0 Å². The van der Waals surface area contributed by atoms with E-state index >= 15 is 0 Å². The number of hydrogen-bond donors (Lipinski definition) is 1. The van der Waals surface area contributed by atoms with Crippen LogP contribution in [0.1, 0.15) is 16.9 Å². The Bertz CT molecular complexity index is 345. The molecule has 0 aliphatic carbocycles. The van der Waals surface area contributed by atoms with Crippen molar-refractivity contribution < 1.29 is 19.4 Å². The summed E-state index contributed by atoms with van der Waals surface area (Å²) in [5.74, 6) is -1.42. The minimum Gasteiger partial charge on any atom is -0.476 e. The average Bonchev–Trinajstić information content (AvgIpc) is 2.62. The van der Waals surface area contributed by atoms with Crippen LogP contribution in [-0.2, 0) is 16.1 Å². The van der Waals surface area contributed by atoms with Crippen LogP contribution in [0.5, 0.6) is 0 Å². The molecule has 0 aliphatic rings. The minimum absolute atomic E-state index is 0.0325. The van der Waals surface area contributed by atoms with Crippen molar-refractivity contribution in [3.8, 4) is 0 Å². The average molecular weight is 198 g/mol. The van der Waals surface area contributed by atoms with E-state index < -0.39 is 5.97 Å². The number of carboxylic acids is 1. The first-order chi connectivity index (χ1) is 6.63. The van der Waals surface area contributed by atoms with Gasteiger partial charge >= 0.3 is 11.9 Å². The zero-order valence-corrected chi connectivity index (χ0v) is 7.64. The number of aromatic nitrogens is 2. The summed E-state index contributed by atoms with van der Waals surface area (Å²) in [6.45, 7) is 0.368. The smallest absolute Gasteiger partial charge is 0.356 e. The predicted octanol–water partition coefficient (Wildman–Crippen LogP) is 0.144. The highest BCUT2D eigenvalue weighted by molar-refractivity contribution is 5.84. The van der Waals surface area contributed by atoms with Crippen LogP contribution in [0.3, 0.4) is 0 Å². The van der Waals surface area contributed by atoms with Crippen LogP contribution < -0.4 is 0 Å². The van der Waals surface area contributed by atoms with Crippen molar-refractivity contribution in [3.05, 3.63) is 18.2 Å². The third kappa shape index (κ3) is 2.58. The summed E-state index contributed by atoms with van der Waals surface area (Å²) in [7, 11) is 1.30. The lowest BCUT2D eigenvalue weighted by atomic mass is 10.4. The number of imidazole rings is 1. The van der Waals surface area contributed by atoms with Gasteiger partial charge < -0.3 is 14.4 Å². The molecule has 0 aromatic carbocycles. The lowest BCUT2D eigenvalue weighted by molar-refractivity contribution is -0.140. The summed E-state index contributed by atoms with van der Waals surface area (Å²) in [6.07, 6.45) is 2.93. The topological polar surface area (TPSA) is 81.4 Å². The fourth-order valence-corrected chi connectivity index (χ4v) is 0.915. The third-order valence-corrected chi connectivity index (χ3v) is 1.65. The van der Waals surface area contributed by atoms with Gasteiger partial charge in [-0.25, -0.2) is 9.78 Å². The molecule has 6 heteroatoms. The van der Waals surface area contributed by atoms with Crippen molar-refractivity contribution in [2.45, 2.75) is 13.0 Å². The Morgan fingerprint density at radius 2 is 2.36 bits per heavy atom. The summed E-state index contributed by atoms with van der Waals surface area (Å²) in [4.78, 5) is 24.8. The van der Waals surface area contributed by atoms with Crippen LogP contribution in [0.2, 0.25) is 0 Å². The van der Waals surface area contributed by atoms with E-state index in [4.69, 9.17) is 5.11 Å². The molecule has 1 aromatic heterocycles. The zero-order chi connectivity index (χ0) is 10.6. The first-order valence-corrected chi connectivity index (χ1v) is 3.95. The second kappa shape index (κ2) is 4.40. The summed E-state index contributed by atoms with van der Waals surface area (Å²) < 4.78 is 5.97. The number of esters is 1. The summed E-state index contributed by atoms with van der Waals surface area (Å²) in [6, 6.07) is 0. The van der Waals surface area contributed by atoms with Crippen molar-refractivity contribution in [1.82, 2.24) is 9.55 Å². The number of aryl methyl sites for hydroxylation is 1. The number of aromatic carboxylic acids is 1. The molecule has 0 fully saturated rings. The Morgan fingerprint density at radius 3 is 2.86 bits per heavy atom. The van der Waals surface area contributed by atoms with E-state index in [1.54, 1.807) is 0 Å². The number of rotatable bonds is 4. The van der Waals surface area contributed by atoms with Crippen LogP contribution >= 0.6 is 0 Å². The Morgan fingerprint density at radius 1 is 1.64 bits per heavy atom. The van der Waals surface area contributed by atoms with Gasteiger partial charge in [-0.15, -0.1) is 0 Å². The van der Waals surface area contributed by atoms with Gasteiger partial charge in [0.1, 0.15) is 0 Å². The van der Waals surface area contributed by atoms with Gasteiger partial charge in [0.15, 0.2) is 5.69 Å². The molecular weight excluding hydrogens is 188 g/mol. The third-order valence-electron chi connectivity index (χ3n) is 1.65. The van der Waals surface area contributed by atoms with Gasteiger partial charge in [0.2, 0.25) is 0 Å². The zero-order valence-electron chi connectivity index (χ0n) is 7.64. The Balaban J connectivity index is 2.52. The van der Waals surface area contributed by atoms with Crippen LogP contribution in [-0.4, -0.2) is 33.7 Å². The van der Waals surface area contributed by atoms with Gasteiger partial charge in [0.05, 0.1) is 19.9 Å². The van der Waals surface area contributed by atoms with Gasteiger partial charge in [-0.3, -0.25) is 4.79 Å². The Hall–Kier alpha value is -1.85. The van der Waals surface area contributed by atoms with Gasteiger partial charge in [-0.1, -0.05) is 0 Å². The van der Waals surface area contributed by atoms with E-state index in [9.17, 15) is 9.59 Å². The first-order valence-electron chi connectivity index (χ1n) is 3.95. The van der Waals surface area contributed by atoms with Crippen molar-refractivity contribution in [2.24, 2.45) is 0 Å². The van der Waals surface area contributed by atoms with Crippen molar-refractivity contribution in [2.75, 3.05) is 7.11 Å². The van der Waals surface area contributed by atoms with E-state index in [0.717, 1.165) is 0 Å². The molecule has 0 aliphatic heterocycles. The van der Waals surface area contributed by atoms with Crippen LogP contribution in [0.15, 0.2) is 12.5 Å². The van der Waals surface area contributed by atoms with Gasteiger partial charge in [-0.05, 0) is 0 Å². The number of carboxylic acid groups (broad SMARTS) is 1. The molecule has 1 N–H and O–H groups in total. The van der Waals surface area contributed by atoms with E-state index in [1.807, 2.05) is 0 Å². The fraction of sp³-hybridized carbons (Fsp3) is 0.375. The van der Waals surface area contributed by atoms with Crippen molar-refractivity contribution in [1.29, 1.82) is 0 Å². The molecule has 0 saturated heterocycles. The highest BCUT2D eigenvalue weighted by Crippen LogP contribution is 1.98. The SMILES string of the molecule is COC(=O)CCn1cnc(C(=O)O)c1. The highest BCUT2D eigenvalue weighted by Gasteiger charge is 2.07. The molecule has 0 spiro atoms. The normalized spacial score (nSPS) is 9.79. The molecule has 0 saturated carbocycles. The molecule has 0 atom stereocenters. The standard InChI is InChI=1S/C8H10N2O4/c1-14-7(11)2-3-10-4-6(8(12)13)9-5-10/h4-5H,2-3H2,1H3,(H,12,13). The first kappa shape index (κ1) is 10.2. The Kier molecular flexibility index (Phi) is 3.22. The maximum absolute atomic E-state index is 10.8. The molecule has 76 valence electrons. The van der Waals surface area contributed by atoms with E-state index in [1.165, 1.54) is 24.2 Å². The van der Waals surface area contributed by atoms with Crippen LogP contribution in [0.4, 0.5) is 0 Å². The number of methoxy groups -OCH3 is 1. The number of carbonyl (C=O) groups is 2. The number of carbonyl (C=O) groups excluding carboxylic acids is 1. The minimum atomic E-state index is -1.08. The molecule has 1 heterocycles. The molecule has 0 amide bonds. The van der Waals surface area contributed by atoms with Crippen LogP contribution in [0.25, 0.3) is 0 Å². The number of ether oxygens (including phenoxy) is 1. The maximum Gasteiger partial charge on any atom is 0.356 e. The summed E-state index contributed by atoms with van der Waals surface area (Å²) in [5.41, 5.74) is -0.0325. The van der Waals surface area contributed by atoms with E-state index in [2.05, 4.69) is 9.72 Å². The summed E-state index contributed by atoms with van der Waals surface area (Å²) >= 11 is 0. The second-order valence-electron chi connectivity index (χ2n) is 2.63. The fourth-order valence-electron chi connectivity index (χ4n) is 0.915. The number of hydrogen-bond acceptors (Lipinski definition) is 4. The van der Waals surface area contributed by atoms with Gasteiger partial charge in [-0.2, -0.15) is 0 Å². The van der Waals surface area contributed by atoms with E-state index in [-0.39, 0.29) is 18.1 Å². The monoisotopic (exact) mass is 198 g/mol. The molecule has 1 aromatic rings. The quantitative estimate of drug-likeness (QED) is 0.696. The largest absolute Gasteiger partial charge is 0.476 e. The Labute approximate surface area is 80.1 Å². The number of nitrogens with zero attached hydrogens (tertiary/aromatic N) is 2. The van der Waals surface area contributed by atoms with Crippen molar-refractivity contribution >= 4 is 11.9 Å². The van der Waals surface area contributed by atoms with Gasteiger partial charge in [0.25, 0.3) is 0 Å². The highest BCUT2D eigenvalue weighted by atomic mass is 16.5. The van der Waals surface area contributed by atoms with Gasteiger partial charge in [0, 0.05) is 12.7 Å². The molecule has 0 radical (unpaired) electrons. The predicted molar refractivity (Wildman–Crippen MR) is 45.8 cm³/mol. The molecule has 0 unspecified atom stereocenters. The van der Waals surface area contributed by atoms with Crippen molar-refractivity contribution in [3.63, 3.8) is 0 Å². The lowest BCUT2D eigenvalue weighted by Crippen LogP contribution is -2.05. The summed E-state index contributed by atoms with van der Waals surface area (Å²) in [5, 5.41) is 8.55. The maximum atomic E-state index is 10.8. The molecule has 6 nitrogen and oxygen atoms in total. The molecule has 14 heavy (non-hydrogen) atoms. The molecule has 1 rings (SSSR count). The molecule has 0 bridgehead atoms.